The number of ether oxygens (including phenoxy) is 2. The lowest BCUT2D eigenvalue weighted by molar-refractivity contribution is -0.123. The molecular formula is C24H25ClN2O3. The molecule has 30 heavy (non-hydrogen) atoms. The minimum atomic E-state index is -0.143. The van der Waals surface area contributed by atoms with Gasteiger partial charge in [0, 0.05) is 24.7 Å². The molecule has 1 heterocycles. The van der Waals surface area contributed by atoms with E-state index in [1.165, 1.54) is 0 Å². The number of nitrogens with one attached hydrogen (secondary N) is 1. The first-order valence-electron chi connectivity index (χ1n) is 10.1. The SMILES string of the molecule is O=C(COc1ccc2ccccc2c1)NCC(c1ccc(Cl)cc1)N1CCOCC1. The number of hydrogen-bond donors (Lipinski definition) is 1. The Labute approximate surface area is 181 Å². The third kappa shape index (κ3) is 5.30. The zero-order valence-electron chi connectivity index (χ0n) is 16.7. The highest BCUT2D eigenvalue weighted by Crippen LogP contribution is 2.23. The van der Waals surface area contributed by atoms with Gasteiger partial charge in [-0.3, -0.25) is 9.69 Å². The van der Waals surface area contributed by atoms with E-state index in [-0.39, 0.29) is 18.6 Å². The number of hydrogen-bond acceptors (Lipinski definition) is 4. The van der Waals surface area contributed by atoms with Crippen LogP contribution in [0, 0.1) is 0 Å². The summed E-state index contributed by atoms with van der Waals surface area (Å²) in [6.45, 7) is 3.54. The summed E-state index contributed by atoms with van der Waals surface area (Å²) in [4.78, 5) is 14.8. The quantitative estimate of drug-likeness (QED) is 0.621. The van der Waals surface area contributed by atoms with Crippen LogP contribution in [0.3, 0.4) is 0 Å². The van der Waals surface area contributed by atoms with Crippen LogP contribution in [0.15, 0.2) is 66.7 Å². The number of benzene rings is 3. The lowest BCUT2D eigenvalue weighted by Gasteiger charge is -2.35. The van der Waals surface area contributed by atoms with Crippen molar-refractivity contribution in [3.8, 4) is 5.75 Å². The van der Waals surface area contributed by atoms with Crippen LogP contribution < -0.4 is 10.1 Å². The van der Waals surface area contributed by atoms with Crippen molar-refractivity contribution in [3.63, 3.8) is 0 Å². The maximum Gasteiger partial charge on any atom is 0.258 e. The van der Waals surface area contributed by atoms with E-state index in [0.717, 1.165) is 29.4 Å². The number of halogens is 1. The second-order valence-corrected chi connectivity index (χ2v) is 7.75. The molecule has 1 aliphatic rings. The van der Waals surface area contributed by atoms with Crippen LogP contribution >= 0.6 is 11.6 Å². The van der Waals surface area contributed by atoms with Crippen LogP contribution in [-0.2, 0) is 9.53 Å². The van der Waals surface area contributed by atoms with Gasteiger partial charge in [0.2, 0.25) is 0 Å². The van der Waals surface area contributed by atoms with E-state index in [1.807, 2.05) is 66.7 Å². The van der Waals surface area contributed by atoms with Gasteiger partial charge in [-0.25, -0.2) is 0 Å². The van der Waals surface area contributed by atoms with Gasteiger partial charge >= 0.3 is 0 Å². The number of amides is 1. The van der Waals surface area contributed by atoms with Crippen molar-refractivity contribution < 1.29 is 14.3 Å². The number of carbonyl (C=O) groups is 1. The molecule has 1 fully saturated rings. The minimum absolute atomic E-state index is 0.0191. The third-order valence-corrected chi connectivity index (χ3v) is 5.58. The number of carbonyl (C=O) groups excluding carboxylic acids is 1. The molecule has 0 radical (unpaired) electrons. The predicted octanol–water partition coefficient (Wildman–Crippen LogP) is 4.06. The molecule has 0 aliphatic carbocycles. The number of nitrogens with zero attached hydrogens (tertiary/aromatic N) is 1. The summed E-state index contributed by atoms with van der Waals surface area (Å²) >= 11 is 6.05. The molecule has 1 unspecified atom stereocenters. The van der Waals surface area contributed by atoms with Gasteiger partial charge < -0.3 is 14.8 Å². The molecule has 5 nitrogen and oxygen atoms in total. The smallest absolute Gasteiger partial charge is 0.258 e. The maximum atomic E-state index is 12.5. The lowest BCUT2D eigenvalue weighted by atomic mass is 10.0. The van der Waals surface area contributed by atoms with Crippen molar-refractivity contribution in [1.82, 2.24) is 10.2 Å². The maximum absolute atomic E-state index is 12.5. The van der Waals surface area contributed by atoms with E-state index in [4.69, 9.17) is 21.1 Å². The summed E-state index contributed by atoms with van der Waals surface area (Å²) in [5.74, 6) is 0.543. The minimum Gasteiger partial charge on any atom is -0.484 e. The van der Waals surface area contributed by atoms with Crippen molar-refractivity contribution in [2.75, 3.05) is 39.5 Å². The number of morpholine rings is 1. The molecule has 0 spiro atoms. The van der Waals surface area contributed by atoms with E-state index >= 15 is 0 Å². The standard InChI is InChI=1S/C24H25ClN2O3/c25-21-8-5-19(6-9-21)23(27-11-13-29-14-12-27)16-26-24(28)17-30-22-10-7-18-3-1-2-4-20(18)15-22/h1-10,15,23H,11-14,16-17H2,(H,26,28). The zero-order valence-corrected chi connectivity index (χ0v) is 17.5. The lowest BCUT2D eigenvalue weighted by Crippen LogP contribution is -2.44. The fraction of sp³-hybridized carbons (Fsp3) is 0.292. The van der Waals surface area contributed by atoms with Gasteiger partial charge in [0.1, 0.15) is 5.75 Å². The highest BCUT2D eigenvalue weighted by molar-refractivity contribution is 6.30. The fourth-order valence-corrected chi connectivity index (χ4v) is 3.83. The second-order valence-electron chi connectivity index (χ2n) is 7.32. The normalized spacial score (nSPS) is 15.6. The summed E-state index contributed by atoms with van der Waals surface area (Å²) < 4.78 is 11.2. The molecule has 0 bridgehead atoms. The first-order valence-corrected chi connectivity index (χ1v) is 10.5. The summed E-state index contributed by atoms with van der Waals surface area (Å²) in [7, 11) is 0. The van der Waals surface area contributed by atoms with Gasteiger partial charge in [-0.05, 0) is 40.6 Å². The molecule has 1 amide bonds. The first kappa shape index (κ1) is 20.7. The molecule has 3 aromatic carbocycles. The van der Waals surface area contributed by atoms with Crippen LogP contribution in [0.5, 0.6) is 5.75 Å². The van der Waals surface area contributed by atoms with E-state index in [2.05, 4.69) is 10.2 Å². The monoisotopic (exact) mass is 424 g/mol. The van der Waals surface area contributed by atoms with E-state index < -0.39 is 0 Å². The molecule has 1 atom stereocenters. The highest BCUT2D eigenvalue weighted by Gasteiger charge is 2.23. The van der Waals surface area contributed by atoms with Crippen LogP contribution in [0.2, 0.25) is 5.02 Å². The number of fused-ring (bicyclic) bond motifs is 1. The molecule has 0 aromatic heterocycles. The Balaban J connectivity index is 1.36. The molecule has 6 heteroatoms. The van der Waals surface area contributed by atoms with Crippen LogP contribution in [0.4, 0.5) is 0 Å². The Hall–Kier alpha value is -2.60. The largest absolute Gasteiger partial charge is 0.484 e. The Bertz CT molecular complexity index is 987. The second kappa shape index (κ2) is 9.94. The van der Waals surface area contributed by atoms with Gasteiger partial charge in [-0.1, -0.05) is 54.1 Å². The van der Waals surface area contributed by atoms with Gasteiger partial charge in [0.25, 0.3) is 5.91 Å². The predicted molar refractivity (Wildman–Crippen MR) is 119 cm³/mol. The van der Waals surface area contributed by atoms with Crippen LogP contribution in [0.25, 0.3) is 10.8 Å². The average Bonchev–Trinajstić information content (AvgIpc) is 2.79. The molecule has 3 aromatic rings. The number of rotatable bonds is 7. The Morgan fingerprint density at radius 3 is 2.53 bits per heavy atom. The first-order chi connectivity index (χ1) is 14.7. The van der Waals surface area contributed by atoms with Crippen molar-refractivity contribution >= 4 is 28.3 Å². The average molecular weight is 425 g/mol. The molecule has 1 aliphatic heterocycles. The van der Waals surface area contributed by atoms with E-state index in [0.29, 0.717) is 30.5 Å². The molecule has 0 saturated carbocycles. The molecule has 1 saturated heterocycles. The van der Waals surface area contributed by atoms with Crippen molar-refractivity contribution in [3.05, 3.63) is 77.3 Å². The topological polar surface area (TPSA) is 50.8 Å². The van der Waals surface area contributed by atoms with Crippen molar-refractivity contribution in [2.45, 2.75) is 6.04 Å². The van der Waals surface area contributed by atoms with E-state index in [1.54, 1.807) is 0 Å². The molecule has 156 valence electrons. The Kier molecular flexibility index (Phi) is 6.84. The van der Waals surface area contributed by atoms with Gasteiger partial charge in [-0.15, -0.1) is 0 Å². The molecular weight excluding hydrogens is 400 g/mol. The summed E-state index contributed by atoms with van der Waals surface area (Å²) in [5.41, 5.74) is 1.12. The Morgan fingerprint density at radius 2 is 1.77 bits per heavy atom. The highest BCUT2D eigenvalue weighted by atomic mass is 35.5. The summed E-state index contributed by atoms with van der Waals surface area (Å²) in [6, 6.07) is 21.8. The summed E-state index contributed by atoms with van der Waals surface area (Å²) in [6.07, 6.45) is 0. The molecule has 1 N–H and O–H groups in total. The fourth-order valence-electron chi connectivity index (χ4n) is 3.70. The Morgan fingerprint density at radius 1 is 1.03 bits per heavy atom. The van der Waals surface area contributed by atoms with Gasteiger partial charge in [0.05, 0.1) is 19.3 Å². The van der Waals surface area contributed by atoms with E-state index in [9.17, 15) is 4.79 Å². The zero-order chi connectivity index (χ0) is 20.8. The van der Waals surface area contributed by atoms with Crippen LogP contribution in [0.1, 0.15) is 11.6 Å². The van der Waals surface area contributed by atoms with Crippen LogP contribution in [-0.4, -0.2) is 50.3 Å². The summed E-state index contributed by atoms with van der Waals surface area (Å²) in [5, 5.41) is 5.95. The van der Waals surface area contributed by atoms with Gasteiger partial charge in [-0.2, -0.15) is 0 Å². The van der Waals surface area contributed by atoms with Crippen molar-refractivity contribution in [2.24, 2.45) is 0 Å². The third-order valence-electron chi connectivity index (χ3n) is 5.32. The van der Waals surface area contributed by atoms with Crippen molar-refractivity contribution in [1.29, 1.82) is 0 Å². The molecule has 4 rings (SSSR count). The van der Waals surface area contributed by atoms with Gasteiger partial charge in [0.15, 0.2) is 6.61 Å².